The van der Waals surface area contributed by atoms with Crippen LogP contribution in [-0.2, 0) is 19.6 Å². The Bertz CT molecular complexity index is 1360. The summed E-state index contributed by atoms with van der Waals surface area (Å²) < 4.78 is 45.7. The number of sulfonamides is 1. The first-order valence-corrected chi connectivity index (χ1v) is 10.4. The molecule has 0 atom stereocenters. The quantitative estimate of drug-likeness (QED) is 0.472. The number of benzene rings is 3. The Hall–Kier alpha value is -3.52. The minimum absolute atomic E-state index is 0.0474. The SMILES string of the molecule is CC(=O)OC1=C(C(=O)c2ccc3ccccc3c2)N(C)S(=O)(=O)c2cc(F)ccc21. The molecule has 1 heterocycles. The molecule has 0 spiro atoms. The van der Waals surface area contributed by atoms with Crippen LogP contribution in [0.25, 0.3) is 16.5 Å². The van der Waals surface area contributed by atoms with Crippen molar-refractivity contribution in [1.82, 2.24) is 4.31 Å². The number of carbonyl (C=O) groups excluding carboxylic acids is 2. The molecule has 0 radical (unpaired) electrons. The van der Waals surface area contributed by atoms with Gasteiger partial charge in [0.15, 0.2) is 5.76 Å². The molecule has 0 bridgehead atoms. The number of halogens is 1. The predicted molar refractivity (Wildman–Crippen MR) is 108 cm³/mol. The van der Waals surface area contributed by atoms with Gasteiger partial charge in [-0.2, -0.15) is 0 Å². The molecule has 0 amide bonds. The molecule has 3 aromatic rings. The molecule has 3 aromatic carbocycles. The van der Waals surface area contributed by atoms with Crippen LogP contribution in [0.2, 0.25) is 0 Å². The van der Waals surface area contributed by atoms with Crippen LogP contribution in [0.15, 0.2) is 71.3 Å². The number of fused-ring (bicyclic) bond motifs is 2. The summed E-state index contributed by atoms with van der Waals surface area (Å²) in [6.45, 7) is 1.14. The van der Waals surface area contributed by atoms with E-state index in [2.05, 4.69) is 0 Å². The number of hydrogen-bond acceptors (Lipinski definition) is 5. The van der Waals surface area contributed by atoms with E-state index in [0.29, 0.717) is 0 Å². The Morgan fingerprint density at radius 2 is 1.67 bits per heavy atom. The third-order valence-electron chi connectivity index (χ3n) is 4.83. The summed E-state index contributed by atoms with van der Waals surface area (Å²) in [4.78, 5) is 24.7. The second-order valence-electron chi connectivity index (χ2n) is 6.78. The Morgan fingerprint density at radius 3 is 2.37 bits per heavy atom. The van der Waals surface area contributed by atoms with Crippen molar-refractivity contribution in [3.63, 3.8) is 0 Å². The highest BCUT2D eigenvalue weighted by molar-refractivity contribution is 7.89. The maximum absolute atomic E-state index is 13.7. The van der Waals surface area contributed by atoms with E-state index in [1.54, 1.807) is 18.2 Å². The van der Waals surface area contributed by atoms with Gasteiger partial charge in [0.1, 0.15) is 16.4 Å². The Balaban J connectivity index is 1.98. The lowest BCUT2D eigenvalue weighted by Crippen LogP contribution is -2.36. The average molecular weight is 425 g/mol. The van der Waals surface area contributed by atoms with E-state index in [1.807, 2.05) is 24.3 Å². The lowest BCUT2D eigenvalue weighted by Gasteiger charge is -2.30. The van der Waals surface area contributed by atoms with Crippen molar-refractivity contribution in [2.45, 2.75) is 11.8 Å². The summed E-state index contributed by atoms with van der Waals surface area (Å²) >= 11 is 0. The zero-order valence-corrected chi connectivity index (χ0v) is 16.9. The molecular formula is C22H16FNO5S. The fourth-order valence-electron chi connectivity index (χ4n) is 3.40. The van der Waals surface area contributed by atoms with Crippen molar-refractivity contribution in [3.05, 3.63) is 83.3 Å². The number of likely N-dealkylation sites (N-methyl/N-ethyl adjacent to an activating group) is 1. The highest BCUT2D eigenvalue weighted by Gasteiger charge is 2.40. The van der Waals surface area contributed by atoms with Gasteiger partial charge in [0.2, 0.25) is 5.78 Å². The molecule has 0 aromatic heterocycles. The summed E-state index contributed by atoms with van der Waals surface area (Å²) in [6, 6.07) is 15.4. The normalized spacial score (nSPS) is 15.1. The second kappa shape index (κ2) is 7.07. The van der Waals surface area contributed by atoms with Crippen LogP contribution in [0.5, 0.6) is 0 Å². The van der Waals surface area contributed by atoms with Crippen LogP contribution in [0, 0.1) is 5.82 Å². The van der Waals surface area contributed by atoms with Crippen molar-refractivity contribution >= 4 is 38.3 Å². The second-order valence-corrected chi connectivity index (χ2v) is 8.71. The number of Topliss-reactive ketones (excluding diaryl/α,β-unsaturated/α-hetero) is 1. The minimum atomic E-state index is -4.23. The van der Waals surface area contributed by atoms with E-state index in [1.165, 1.54) is 13.1 Å². The van der Waals surface area contributed by atoms with E-state index in [4.69, 9.17) is 4.74 Å². The fourth-order valence-corrected chi connectivity index (χ4v) is 4.80. The van der Waals surface area contributed by atoms with Crippen LogP contribution >= 0.6 is 0 Å². The lowest BCUT2D eigenvalue weighted by atomic mass is 10.0. The van der Waals surface area contributed by atoms with Crippen molar-refractivity contribution in [1.29, 1.82) is 0 Å². The summed E-state index contributed by atoms with van der Waals surface area (Å²) in [6.07, 6.45) is 0. The number of carbonyl (C=O) groups is 2. The molecule has 152 valence electrons. The van der Waals surface area contributed by atoms with Gasteiger partial charge in [0.25, 0.3) is 10.0 Å². The molecule has 1 aliphatic heterocycles. The minimum Gasteiger partial charge on any atom is -0.424 e. The molecular weight excluding hydrogens is 409 g/mol. The van der Waals surface area contributed by atoms with E-state index >= 15 is 0 Å². The monoisotopic (exact) mass is 425 g/mol. The Labute approximate surface area is 172 Å². The van der Waals surface area contributed by atoms with Gasteiger partial charge in [-0.15, -0.1) is 0 Å². The van der Waals surface area contributed by atoms with Gasteiger partial charge < -0.3 is 4.74 Å². The maximum atomic E-state index is 13.7. The first-order valence-electron chi connectivity index (χ1n) is 8.95. The number of nitrogens with zero attached hydrogens (tertiary/aromatic N) is 1. The summed E-state index contributed by atoms with van der Waals surface area (Å²) in [5, 5.41) is 1.70. The molecule has 0 aliphatic carbocycles. The van der Waals surface area contributed by atoms with E-state index < -0.39 is 27.6 Å². The third kappa shape index (κ3) is 3.15. The van der Waals surface area contributed by atoms with Crippen molar-refractivity contribution in [3.8, 4) is 0 Å². The number of esters is 1. The lowest BCUT2D eigenvalue weighted by molar-refractivity contribution is -0.134. The van der Waals surface area contributed by atoms with Gasteiger partial charge in [0.05, 0.1) is 0 Å². The van der Waals surface area contributed by atoms with Gasteiger partial charge in [-0.05, 0) is 35.0 Å². The van der Waals surface area contributed by atoms with Gasteiger partial charge in [-0.1, -0.05) is 36.4 Å². The largest absolute Gasteiger partial charge is 0.424 e. The zero-order valence-electron chi connectivity index (χ0n) is 16.0. The Morgan fingerprint density at radius 1 is 0.967 bits per heavy atom. The molecule has 4 rings (SSSR count). The van der Waals surface area contributed by atoms with E-state index in [9.17, 15) is 22.4 Å². The molecule has 6 nitrogen and oxygen atoms in total. The summed E-state index contributed by atoms with van der Waals surface area (Å²) in [5.74, 6) is -2.37. The predicted octanol–water partition coefficient (Wildman–Crippen LogP) is 3.73. The number of allylic oxidation sites excluding steroid dienone is 1. The van der Waals surface area contributed by atoms with Crippen molar-refractivity contribution in [2.75, 3.05) is 7.05 Å². The number of hydrogen-bond donors (Lipinski definition) is 0. The van der Waals surface area contributed by atoms with Gasteiger partial charge in [-0.25, -0.2) is 12.8 Å². The molecule has 0 saturated heterocycles. The average Bonchev–Trinajstić information content (AvgIpc) is 2.71. The molecule has 0 saturated carbocycles. The van der Waals surface area contributed by atoms with Crippen LogP contribution in [0.4, 0.5) is 4.39 Å². The molecule has 8 heteroatoms. The zero-order chi connectivity index (χ0) is 21.6. The Kier molecular flexibility index (Phi) is 4.66. The molecule has 30 heavy (non-hydrogen) atoms. The highest BCUT2D eigenvalue weighted by Crippen LogP contribution is 2.38. The topological polar surface area (TPSA) is 80.8 Å². The molecule has 1 aliphatic rings. The van der Waals surface area contributed by atoms with Crippen molar-refractivity contribution in [2.24, 2.45) is 0 Å². The first-order chi connectivity index (χ1) is 14.2. The van der Waals surface area contributed by atoms with Gasteiger partial charge in [-0.3, -0.25) is 13.9 Å². The third-order valence-corrected chi connectivity index (χ3v) is 6.63. The van der Waals surface area contributed by atoms with Crippen molar-refractivity contribution < 1.29 is 27.1 Å². The summed E-state index contributed by atoms with van der Waals surface area (Å²) in [7, 11) is -3.07. The van der Waals surface area contributed by atoms with Crippen LogP contribution in [0.3, 0.4) is 0 Å². The smallest absolute Gasteiger partial charge is 0.308 e. The first kappa shape index (κ1) is 19.8. The number of ether oxygens (including phenoxy) is 1. The summed E-state index contributed by atoms with van der Waals surface area (Å²) in [5.41, 5.74) is -0.144. The molecule has 0 fully saturated rings. The van der Waals surface area contributed by atoms with Crippen LogP contribution in [0.1, 0.15) is 22.8 Å². The highest BCUT2D eigenvalue weighted by atomic mass is 32.2. The van der Waals surface area contributed by atoms with Gasteiger partial charge in [0, 0.05) is 25.1 Å². The number of rotatable bonds is 3. The maximum Gasteiger partial charge on any atom is 0.308 e. The molecule has 0 unspecified atom stereocenters. The van der Waals surface area contributed by atoms with E-state index in [0.717, 1.165) is 34.1 Å². The van der Waals surface area contributed by atoms with Crippen LogP contribution < -0.4 is 0 Å². The van der Waals surface area contributed by atoms with Crippen LogP contribution in [-0.4, -0.2) is 31.5 Å². The van der Waals surface area contributed by atoms with Gasteiger partial charge >= 0.3 is 5.97 Å². The van der Waals surface area contributed by atoms with E-state index in [-0.39, 0.29) is 27.5 Å². The molecule has 0 N–H and O–H groups in total. The standard InChI is InChI=1S/C22H16FNO5S/c1-13(25)29-22-18-10-9-17(23)12-19(18)30(27,28)24(2)20(22)21(26)16-8-7-14-5-3-4-6-15(14)11-16/h3-12H,1-2H3. The number of ketones is 1. The fraction of sp³-hybridized carbons (Fsp3) is 0.0909.